The first-order valence-electron chi connectivity index (χ1n) is 8.28. The van der Waals surface area contributed by atoms with E-state index in [9.17, 15) is 4.79 Å². The van der Waals surface area contributed by atoms with Crippen molar-refractivity contribution in [2.75, 3.05) is 0 Å². The largest absolute Gasteiger partial charge is 0.463 e. The summed E-state index contributed by atoms with van der Waals surface area (Å²) >= 11 is 0. The van der Waals surface area contributed by atoms with Gasteiger partial charge in [-0.3, -0.25) is 4.79 Å². The summed E-state index contributed by atoms with van der Waals surface area (Å²) in [6.07, 6.45) is 21.0. The van der Waals surface area contributed by atoms with Crippen molar-refractivity contribution in [3.8, 4) is 0 Å². The third-order valence-electron chi connectivity index (χ3n) is 3.67. The Morgan fingerprint density at radius 3 is 2.35 bits per heavy atom. The lowest BCUT2D eigenvalue weighted by molar-refractivity contribution is -0.148. The van der Waals surface area contributed by atoms with E-state index in [1.165, 1.54) is 25.7 Å². The summed E-state index contributed by atoms with van der Waals surface area (Å²) in [4.78, 5) is 11.6. The molecule has 0 radical (unpaired) electrons. The SMILES string of the molecule is CC1CCC/C=C\C/C=C\CCCCCCCC(=O)O1. The Kier molecular flexibility index (Phi) is 9.99. The van der Waals surface area contributed by atoms with Crippen LogP contribution in [0.5, 0.6) is 0 Å². The van der Waals surface area contributed by atoms with E-state index in [1.54, 1.807) is 0 Å². The number of hydrogen-bond donors (Lipinski definition) is 0. The Morgan fingerprint density at radius 2 is 1.55 bits per heavy atom. The van der Waals surface area contributed by atoms with Crippen LogP contribution in [0.25, 0.3) is 0 Å². The van der Waals surface area contributed by atoms with Crippen LogP contribution in [0.15, 0.2) is 24.3 Å². The lowest BCUT2D eigenvalue weighted by Gasteiger charge is -2.12. The maximum absolute atomic E-state index is 11.6. The van der Waals surface area contributed by atoms with Crippen molar-refractivity contribution in [3.63, 3.8) is 0 Å². The third-order valence-corrected chi connectivity index (χ3v) is 3.67. The monoisotopic (exact) mass is 278 g/mol. The molecule has 1 aliphatic rings. The van der Waals surface area contributed by atoms with Crippen LogP contribution in [0.3, 0.4) is 0 Å². The van der Waals surface area contributed by atoms with Crippen molar-refractivity contribution < 1.29 is 9.53 Å². The molecule has 1 unspecified atom stereocenters. The van der Waals surface area contributed by atoms with Gasteiger partial charge >= 0.3 is 5.97 Å². The van der Waals surface area contributed by atoms with Crippen LogP contribution in [-0.4, -0.2) is 12.1 Å². The summed E-state index contributed by atoms with van der Waals surface area (Å²) in [5, 5.41) is 0. The lowest BCUT2D eigenvalue weighted by Crippen LogP contribution is -2.14. The van der Waals surface area contributed by atoms with Gasteiger partial charge in [0.1, 0.15) is 0 Å². The lowest BCUT2D eigenvalue weighted by atomic mass is 10.1. The maximum atomic E-state index is 11.6. The molecule has 0 spiro atoms. The molecule has 0 aromatic carbocycles. The molecule has 1 atom stereocenters. The molecule has 0 saturated heterocycles. The average Bonchev–Trinajstić information content (AvgIpc) is 2.42. The third kappa shape index (κ3) is 9.82. The van der Waals surface area contributed by atoms with Crippen molar-refractivity contribution in [2.45, 2.75) is 83.7 Å². The predicted molar refractivity (Wildman–Crippen MR) is 84.6 cm³/mol. The number of allylic oxidation sites excluding steroid dienone is 4. The first kappa shape index (κ1) is 17.0. The van der Waals surface area contributed by atoms with E-state index in [0.29, 0.717) is 6.42 Å². The van der Waals surface area contributed by atoms with Crippen molar-refractivity contribution in [1.82, 2.24) is 0 Å². The van der Waals surface area contributed by atoms with Gasteiger partial charge in [-0.25, -0.2) is 0 Å². The molecule has 20 heavy (non-hydrogen) atoms. The van der Waals surface area contributed by atoms with Crippen LogP contribution < -0.4 is 0 Å². The second-order valence-electron chi connectivity index (χ2n) is 5.72. The molecule has 0 N–H and O–H groups in total. The molecule has 0 aromatic rings. The van der Waals surface area contributed by atoms with Gasteiger partial charge in [0.15, 0.2) is 0 Å². The molecule has 0 amide bonds. The molecule has 2 heteroatoms. The Balaban J connectivity index is 2.31. The summed E-state index contributed by atoms with van der Waals surface area (Å²) in [6, 6.07) is 0. The highest BCUT2D eigenvalue weighted by atomic mass is 16.5. The average molecular weight is 278 g/mol. The fraction of sp³-hybridized carbons (Fsp3) is 0.722. The summed E-state index contributed by atoms with van der Waals surface area (Å²) in [6.45, 7) is 2.00. The van der Waals surface area contributed by atoms with Crippen LogP contribution >= 0.6 is 0 Å². The topological polar surface area (TPSA) is 26.3 Å². The molecule has 2 nitrogen and oxygen atoms in total. The van der Waals surface area contributed by atoms with E-state index < -0.39 is 0 Å². The van der Waals surface area contributed by atoms with E-state index in [1.807, 2.05) is 6.92 Å². The number of carbonyl (C=O) groups is 1. The van der Waals surface area contributed by atoms with Crippen LogP contribution in [0.2, 0.25) is 0 Å². The fourth-order valence-electron chi connectivity index (χ4n) is 2.43. The van der Waals surface area contributed by atoms with Crippen molar-refractivity contribution in [1.29, 1.82) is 0 Å². The number of carbonyl (C=O) groups excluding carboxylic acids is 1. The maximum Gasteiger partial charge on any atom is 0.306 e. The number of hydrogen-bond acceptors (Lipinski definition) is 2. The highest BCUT2D eigenvalue weighted by molar-refractivity contribution is 5.69. The fourth-order valence-corrected chi connectivity index (χ4v) is 2.43. The zero-order valence-electron chi connectivity index (χ0n) is 13.0. The molecule has 0 aromatic heterocycles. The van der Waals surface area contributed by atoms with Gasteiger partial charge in [-0.05, 0) is 51.9 Å². The van der Waals surface area contributed by atoms with Crippen LogP contribution in [0, 0.1) is 0 Å². The van der Waals surface area contributed by atoms with Crippen LogP contribution in [-0.2, 0) is 9.53 Å². The van der Waals surface area contributed by atoms with E-state index in [2.05, 4.69) is 24.3 Å². The van der Waals surface area contributed by atoms with E-state index in [0.717, 1.165) is 38.5 Å². The minimum atomic E-state index is -0.0166. The number of ether oxygens (including phenoxy) is 1. The molecule has 0 aliphatic carbocycles. The van der Waals surface area contributed by atoms with Gasteiger partial charge in [0.05, 0.1) is 6.10 Å². The second-order valence-corrected chi connectivity index (χ2v) is 5.72. The quantitative estimate of drug-likeness (QED) is 0.442. The predicted octanol–water partition coefficient (Wildman–Crippen LogP) is 5.34. The Bertz CT molecular complexity index is 305. The first-order valence-corrected chi connectivity index (χ1v) is 8.28. The minimum Gasteiger partial charge on any atom is -0.463 e. The molecule has 0 fully saturated rings. The molecule has 1 heterocycles. The van der Waals surface area contributed by atoms with E-state index in [4.69, 9.17) is 4.74 Å². The van der Waals surface area contributed by atoms with Gasteiger partial charge in [0, 0.05) is 6.42 Å². The smallest absolute Gasteiger partial charge is 0.306 e. The molecule has 0 saturated carbocycles. The van der Waals surface area contributed by atoms with Gasteiger partial charge < -0.3 is 4.74 Å². The van der Waals surface area contributed by atoms with Crippen LogP contribution in [0.4, 0.5) is 0 Å². The van der Waals surface area contributed by atoms with Crippen molar-refractivity contribution in [3.05, 3.63) is 24.3 Å². The highest BCUT2D eigenvalue weighted by Crippen LogP contribution is 2.11. The molecular weight excluding hydrogens is 248 g/mol. The Labute approximate surface area is 124 Å². The van der Waals surface area contributed by atoms with Gasteiger partial charge in [0.2, 0.25) is 0 Å². The summed E-state index contributed by atoms with van der Waals surface area (Å²) in [5.74, 6) is -0.0166. The highest BCUT2D eigenvalue weighted by Gasteiger charge is 2.08. The Morgan fingerprint density at radius 1 is 0.900 bits per heavy atom. The van der Waals surface area contributed by atoms with Gasteiger partial charge in [-0.2, -0.15) is 0 Å². The second kappa shape index (κ2) is 11.7. The van der Waals surface area contributed by atoms with Crippen molar-refractivity contribution >= 4 is 5.97 Å². The summed E-state index contributed by atoms with van der Waals surface area (Å²) in [7, 11) is 0. The van der Waals surface area contributed by atoms with Gasteiger partial charge in [0.25, 0.3) is 0 Å². The number of esters is 1. The zero-order valence-corrected chi connectivity index (χ0v) is 13.0. The first-order chi connectivity index (χ1) is 9.79. The Hall–Kier alpha value is -1.05. The van der Waals surface area contributed by atoms with Gasteiger partial charge in [-0.15, -0.1) is 0 Å². The molecule has 1 aliphatic heterocycles. The molecular formula is C18H30O2. The van der Waals surface area contributed by atoms with E-state index >= 15 is 0 Å². The van der Waals surface area contributed by atoms with Crippen LogP contribution in [0.1, 0.15) is 77.6 Å². The number of cyclic esters (lactones) is 1. The van der Waals surface area contributed by atoms with Gasteiger partial charge in [-0.1, -0.05) is 43.6 Å². The molecule has 1 rings (SSSR count). The molecule has 0 bridgehead atoms. The van der Waals surface area contributed by atoms with Crippen molar-refractivity contribution in [2.24, 2.45) is 0 Å². The van der Waals surface area contributed by atoms with E-state index in [-0.39, 0.29) is 12.1 Å². The normalized spacial score (nSPS) is 27.9. The standard InChI is InChI=1S/C18H30O2/c1-17-15-13-11-9-7-5-3-2-4-6-8-10-12-14-16-18(19)20-17/h2-3,7,9,17H,4-6,8,10-16H2,1H3/b3-2-,9-7-. The zero-order chi connectivity index (χ0) is 14.5. The minimum absolute atomic E-state index is 0.0166. The molecule has 114 valence electrons. The summed E-state index contributed by atoms with van der Waals surface area (Å²) < 4.78 is 5.42. The number of rotatable bonds is 0. The summed E-state index contributed by atoms with van der Waals surface area (Å²) in [5.41, 5.74) is 0.